The predicted molar refractivity (Wildman–Crippen MR) is 112 cm³/mol. The summed E-state index contributed by atoms with van der Waals surface area (Å²) in [5.74, 6) is 1.05. The van der Waals surface area contributed by atoms with Crippen LogP contribution in [0.2, 0.25) is 0 Å². The molecule has 5 rings (SSSR count). The Morgan fingerprint density at radius 1 is 0.593 bits per heavy atom. The maximum Gasteiger partial charge on any atom is 0.134 e. The molecular formula is C26H20O. The van der Waals surface area contributed by atoms with Crippen LogP contribution in [0, 0.1) is 6.92 Å². The molecule has 0 aliphatic rings. The molecule has 0 fully saturated rings. The standard InChI is InChI=1S/C26H20O/c1-18-10-12-20(13-11-18)26(25-17-22-8-4-5-9-24(22)27-25)23-15-14-19-6-2-3-7-21(19)16-23/h2-17,26H,1H3. The summed E-state index contributed by atoms with van der Waals surface area (Å²) in [5, 5.41) is 3.65. The molecule has 0 radical (unpaired) electrons. The molecule has 4 aromatic carbocycles. The van der Waals surface area contributed by atoms with Gasteiger partial charge in [0, 0.05) is 5.39 Å². The van der Waals surface area contributed by atoms with Crippen LogP contribution in [-0.2, 0) is 0 Å². The summed E-state index contributed by atoms with van der Waals surface area (Å²) in [5.41, 5.74) is 4.69. The summed E-state index contributed by atoms with van der Waals surface area (Å²) in [6, 6.07) is 34.4. The monoisotopic (exact) mass is 348 g/mol. The first-order valence-electron chi connectivity index (χ1n) is 9.32. The Morgan fingerprint density at radius 3 is 2.04 bits per heavy atom. The van der Waals surface area contributed by atoms with Crippen LogP contribution in [0.25, 0.3) is 21.7 Å². The third-order valence-corrected chi connectivity index (χ3v) is 5.25. The fraction of sp³-hybridized carbons (Fsp3) is 0.0769. The summed E-state index contributed by atoms with van der Waals surface area (Å²) in [7, 11) is 0. The van der Waals surface area contributed by atoms with E-state index >= 15 is 0 Å². The molecule has 1 unspecified atom stereocenters. The average molecular weight is 348 g/mol. The van der Waals surface area contributed by atoms with E-state index < -0.39 is 0 Å². The van der Waals surface area contributed by atoms with Crippen molar-refractivity contribution in [1.29, 1.82) is 0 Å². The van der Waals surface area contributed by atoms with E-state index in [0.717, 1.165) is 16.7 Å². The molecule has 1 heterocycles. The first-order valence-corrected chi connectivity index (χ1v) is 9.32. The molecule has 0 N–H and O–H groups in total. The van der Waals surface area contributed by atoms with Crippen molar-refractivity contribution in [2.45, 2.75) is 12.8 Å². The van der Waals surface area contributed by atoms with E-state index in [2.05, 4.69) is 91.9 Å². The molecule has 130 valence electrons. The van der Waals surface area contributed by atoms with E-state index in [4.69, 9.17) is 4.42 Å². The molecule has 0 spiro atoms. The van der Waals surface area contributed by atoms with Crippen molar-refractivity contribution in [3.8, 4) is 0 Å². The number of aryl methyl sites for hydroxylation is 1. The van der Waals surface area contributed by atoms with Gasteiger partial charge in [-0.15, -0.1) is 0 Å². The van der Waals surface area contributed by atoms with Gasteiger partial charge in [0.2, 0.25) is 0 Å². The Balaban J connectivity index is 1.72. The number of fused-ring (bicyclic) bond motifs is 2. The Bertz CT molecular complexity index is 1200. The van der Waals surface area contributed by atoms with Gasteiger partial charge in [0.15, 0.2) is 0 Å². The Hall–Kier alpha value is -3.32. The average Bonchev–Trinajstić information content (AvgIpc) is 3.13. The summed E-state index contributed by atoms with van der Waals surface area (Å²) >= 11 is 0. The van der Waals surface area contributed by atoms with E-state index in [1.165, 1.54) is 27.5 Å². The Labute approximate surface area is 158 Å². The zero-order valence-electron chi connectivity index (χ0n) is 15.2. The highest BCUT2D eigenvalue weighted by atomic mass is 16.3. The number of furan rings is 1. The second-order valence-electron chi connectivity index (χ2n) is 7.14. The highest BCUT2D eigenvalue weighted by Gasteiger charge is 2.21. The van der Waals surface area contributed by atoms with Gasteiger partial charge >= 0.3 is 0 Å². The van der Waals surface area contributed by atoms with Gasteiger partial charge in [-0.25, -0.2) is 0 Å². The fourth-order valence-corrected chi connectivity index (χ4v) is 3.81. The lowest BCUT2D eigenvalue weighted by Gasteiger charge is -2.17. The summed E-state index contributed by atoms with van der Waals surface area (Å²) in [6.45, 7) is 2.12. The lowest BCUT2D eigenvalue weighted by atomic mass is 9.87. The van der Waals surface area contributed by atoms with E-state index in [9.17, 15) is 0 Å². The minimum atomic E-state index is 0.0719. The third kappa shape index (κ3) is 2.92. The quantitative estimate of drug-likeness (QED) is 0.340. The van der Waals surface area contributed by atoms with E-state index in [-0.39, 0.29) is 5.92 Å². The second kappa shape index (κ2) is 6.44. The lowest BCUT2D eigenvalue weighted by Crippen LogP contribution is -2.02. The topological polar surface area (TPSA) is 13.1 Å². The molecule has 1 nitrogen and oxygen atoms in total. The van der Waals surface area contributed by atoms with Crippen LogP contribution < -0.4 is 0 Å². The molecule has 0 bridgehead atoms. The van der Waals surface area contributed by atoms with E-state index in [0.29, 0.717) is 0 Å². The first kappa shape index (κ1) is 15.9. The van der Waals surface area contributed by atoms with Crippen LogP contribution in [-0.4, -0.2) is 0 Å². The summed E-state index contributed by atoms with van der Waals surface area (Å²) in [4.78, 5) is 0. The molecule has 27 heavy (non-hydrogen) atoms. The Morgan fingerprint density at radius 2 is 1.26 bits per heavy atom. The number of para-hydroxylation sites is 1. The molecule has 0 aliphatic carbocycles. The van der Waals surface area contributed by atoms with Crippen molar-refractivity contribution in [1.82, 2.24) is 0 Å². The van der Waals surface area contributed by atoms with Crippen LogP contribution in [0.5, 0.6) is 0 Å². The lowest BCUT2D eigenvalue weighted by molar-refractivity contribution is 0.542. The second-order valence-corrected chi connectivity index (χ2v) is 7.14. The molecule has 1 heteroatoms. The summed E-state index contributed by atoms with van der Waals surface area (Å²) < 4.78 is 6.28. The van der Waals surface area contributed by atoms with E-state index in [1.807, 2.05) is 12.1 Å². The zero-order chi connectivity index (χ0) is 18.2. The van der Waals surface area contributed by atoms with Gasteiger partial charge < -0.3 is 4.42 Å². The van der Waals surface area contributed by atoms with Crippen molar-refractivity contribution in [3.63, 3.8) is 0 Å². The van der Waals surface area contributed by atoms with Gasteiger partial charge in [-0.2, -0.15) is 0 Å². The first-order chi connectivity index (χ1) is 13.3. The van der Waals surface area contributed by atoms with Crippen molar-refractivity contribution in [2.75, 3.05) is 0 Å². The van der Waals surface area contributed by atoms with Crippen molar-refractivity contribution in [3.05, 3.63) is 120 Å². The molecular weight excluding hydrogens is 328 g/mol. The molecule has 0 aliphatic heterocycles. The van der Waals surface area contributed by atoms with Gasteiger partial charge in [-0.1, -0.05) is 90.5 Å². The molecule has 0 saturated heterocycles. The largest absolute Gasteiger partial charge is 0.460 e. The summed E-state index contributed by atoms with van der Waals surface area (Å²) in [6.07, 6.45) is 0. The normalized spacial score (nSPS) is 12.5. The smallest absolute Gasteiger partial charge is 0.134 e. The number of rotatable bonds is 3. The maximum atomic E-state index is 6.28. The van der Waals surface area contributed by atoms with Gasteiger partial charge in [0.1, 0.15) is 11.3 Å². The number of benzene rings is 4. The molecule has 0 amide bonds. The van der Waals surface area contributed by atoms with Crippen LogP contribution in [0.15, 0.2) is 101 Å². The predicted octanol–water partition coefficient (Wildman–Crippen LogP) is 7.07. The van der Waals surface area contributed by atoms with Gasteiger partial charge in [0.05, 0.1) is 5.92 Å². The van der Waals surface area contributed by atoms with Gasteiger partial charge in [-0.3, -0.25) is 0 Å². The molecule has 1 atom stereocenters. The van der Waals surface area contributed by atoms with Crippen molar-refractivity contribution < 1.29 is 4.42 Å². The third-order valence-electron chi connectivity index (χ3n) is 5.25. The fourth-order valence-electron chi connectivity index (χ4n) is 3.81. The minimum absolute atomic E-state index is 0.0719. The Kier molecular flexibility index (Phi) is 3.79. The minimum Gasteiger partial charge on any atom is -0.460 e. The molecule has 0 saturated carbocycles. The van der Waals surface area contributed by atoms with Crippen LogP contribution in [0.1, 0.15) is 28.4 Å². The SMILES string of the molecule is Cc1ccc(C(c2ccc3ccccc3c2)c2cc3ccccc3o2)cc1. The number of hydrogen-bond acceptors (Lipinski definition) is 1. The molecule has 1 aromatic heterocycles. The maximum absolute atomic E-state index is 6.28. The number of hydrogen-bond donors (Lipinski definition) is 0. The van der Waals surface area contributed by atoms with Crippen LogP contribution >= 0.6 is 0 Å². The highest BCUT2D eigenvalue weighted by Crippen LogP contribution is 2.36. The zero-order valence-corrected chi connectivity index (χ0v) is 15.2. The van der Waals surface area contributed by atoms with E-state index in [1.54, 1.807) is 0 Å². The molecule has 5 aromatic rings. The van der Waals surface area contributed by atoms with Gasteiger partial charge in [-0.05, 0) is 41.0 Å². The highest BCUT2D eigenvalue weighted by molar-refractivity contribution is 5.84. The van der Waals surface area contributed by atoms with Crippen molar-refractivity contribution in [2.24, 2.45) is 0 Å². The van der Waals surface area contributed by atoms with Crippen LogP contribution in [0.4, 0.5) is 0 Å². The van der Waals surface area contributed by atoms with Crippen molar-refractivity contribution >= 4 is 21.7 Å². The van der Waals surface area contributed by atoms with Gasteiger partial charge in [0.25, 0.3) is 0 Å². The van der Waals surface area contributed by atoms with Crippen LogP contribution in [0.3, 0.4) is 0 Å².